The van der Waals surface area contributed by atoms with Gasteiger partial charge in [0.1, 0.15) is 0 Å². The smallest absolute Gasteiger partial charge is 0.187 e. The molecule has 0 heterocycles. The highest BCUT2D eigenvalue weighted by atomic mass is 35.5. The highest BCUT2D eigenvalue weighted by Crippen LogP contribution is 1.99. The van der Waals surface area contributed by atoms with Gasteiger partial charge in [-0.3, -0.25) is 0 Å². The van der Waals surface area contributed by atoms with E-state index in [1.54, 1.807) is 0 Å². The molecule has 0 aromatic heterocycles. The molecule has 1 nitrogen and oxygen atoms in total. The molecule has 0 bridgehead atoms. The second kappa shape index (κ2) is 5.91. The first-order valence-electron chi connectivity index (χ1n) is 2.35. The summed E-state index contributed by atoms with van der Waals surface area (Å²) in [5, 5.41) is 0. The first-order valence-corrected chi connectivity index (χ1v) is 2.35. The van der Waals surface area contributed by atoms with Crippen LogP contribution in [0.4, 0.5) is 0 Å². The lowest BCUT2D eigenvalue weighted by atomic mass is 10.1. The van der Waals surface area contributed by atoms with Crippen LogP contribution in [-0.2, 0) is 0 Å². The maximum absolute atomic E-state index is 5.53. The second-order valence-electron chi connectivity index (χ2n) is 2.34. The maximum Gasteiger partial charge on any atom is 0.187 e. The molecule has 0 saturated heterocycles. The number of hydrogen-bond acceptors (Lipinski definition) is 1. The zero-order chi connectivity index (χ0) is 5.21. The van der Waals surface area contributed by atoms with E-state index < -0.39 is 0 Å². The molecular formula is C5H17AlClN. The predicted octanol–water partition coefficient (Wildman–Crippen LogP) is 0.372. The van der Waals surface area contributed by atoms with Crippen LogP contribution in [-0.4, -0.2) is 22.9 Å². The summed E-state index contributed by atoms with van der Waals surface area (Å²) in [4.78, 5) is 0. The molecular weight excluding hydrogens is 136 g/mol. The molecule has 0 amide bonds. The molecule has 3 heteroatoms. The Labute approximate surface area is 68.6 Å². The minimum absolute atomic E-state index is 0. The van der Waals surface area contributed by atoms with Gasteiger partial charge in [-0.25, -0.2) is 0 Å². The Hall–Kier alpha value is 0.782. The van der Waals surface area contributed by atoms with Crippen molar-refractivity contribution in [2.75, 3.05) is 0 Å². The van der Waals surface area contributed by atoms with Crippen LogP contribution in [0.2, 0.25) is 0 Å². The molecule has 2 N–H and O–H groups in total. The van der Waals surface area contributed by atoms with E-state index in [0.29, 0.717) is 0 Å². The monoisotopic (exact) mass is 153 g/mol. The first-order chi connectivity index (χ1) is 2.56. The van der Waals surface area contributed by atoms with Gasteiger partial charge in [0.25, 0.3) is 0 Å². The highest BCUT2D eigenvalue weighted by molar-refractivity contribution is 5.85. The average molecular weight is 154 g/mol. The van der Waals surface area contributed by atoms with Gasteiger partial charge in [-0.1, -0.05) is 6.92 Å². The van der Waals surface area contributed by atoms with E-state index in [2.05, 4.69) is 6.92 Å². The van der Waals surface area contributed by atoms with Gasteiger partial charge in [0.15, 0.2) is 17.4 Å². The number of rotatable bonds is 1. The maximum atomic E-state index is 5.53. The topological polar surface area (TPSA) is 26.0 Å². The third-order valence-electron chi connectivity index (χ3n) is 0.911. The van der Waals surface area contributed by atoms with Gasteiger partial charge in [-0.2, -0.15) is 0 Å². The van der Waals surface area contributed by atoms with Crippen LogP contribution in [0.1, 0.15) is 27.2 Å². The quantitative estimate of drug-likeness (QED) is 0.542. The zero-order valence-electron chi connectivity index (χ0n) is 5.19. The van der Waals surface area contributed by atoms with E-state index in [1.807, 2.05) is 13.8 Å². The summed E-state index contributed by atoms with van der Waals surface area (Å²) >= 11 is 0. The van der Waals surface area contributed by atoms with Crippen LogP contribution < -0.4 is 5.73 Å². The molecule has 0 saturated carbocycles. The minimum Gasteiger partial charge on any atom is -0.326 e. The Kier molecular flexibility index (Phi) is 11.8. The average Bonchev–Trinajstić information content (AvgIpc) is 1.35. The summed E-state index contributed by atoms with van der Waals surface area (Å²) in [5.41, 5.74) is 5.58. The molecule has 0 aliphatic heterocycles. The lowest BCUT2D eigenvalue weighted by Crippen LogP contribution is -2.30. The Morgan fingerprint density at radius 2 is 1.50 bits per heavy atom. The normalized spacial score (nSPS) is 9.00. The number of hydrogen-bond donors (Lipinski definition) is 1. The first kappa shape index (κ1) is 15.9. The SMILES string of the molecule is CCC(C)(C)N.Cl.[AlH3]. The van der Waals surface area contributed by atoms with E-state index >= 15 is 0 Å². The molecule has 8 heavy (non-hydrogen) atoms. The highest BCUT2D eigenvalue weighted by Gasteiger charge is 2.03. The minimum atomic E-state index is 0. The summed E-state index contributed by atoms with van der Waals surface area (Å²) in [6.07, 6.45) is 1.05. The molecule has 0 atom stereocenters. The molecule has 0 aromatic carbocycles. The van der Waals surface area contributed by atoms with Gasteiger partial charge in [-0.15, -0.1) is 12.4 Å². The summed E-state index contributed by atoms with van der Waals surface area (Å²) in [6.45, 7) is 6.12. The third-order valence-corrected chi connectivity index (χ3v) is 0.911. The fraction of sp³-hybridized carbons (Fsp3) is 1.00. The fourth-order valence-electron chi connectivity index (χ4n) is 0. The van der Waals surface area contributed by atoms with Crippen molar-refractivity contribution in [3.63, 3.8) is 0 Å². The van der Waals surface area contributed by atoms with Crippen molar-refractivity contribution in [1.82, 2.24) is 0 Å². The van der Waals surface area contributed by atoms with E-state index in [1.165, 1.54) is 0 Å². The van der Waals surface area contributed by atoms with E-state index in [-0.39, 0.29) is 35.3 Å². The summed E-state index contributed by atoms with van der Waals surface area (Å²) in [6, 6.07) is 0. The molecule has 52 valence electrons. The Bertz CT molecular complexity index is 42.2. The van der Waals surface area contributed by atoms with Crippen LogP contribution in [0.5, 0.6) is 0 Å². The molecule has 0 aliphatic carbocycles. The lowest BCUT2D eigenvalue weighted by molar-refractivity contribution is 0.501. The molecule has 0 unspecified atom stereocenters. The fourth-order valence-corrected chi connectivity index (χ4v) is 0. The standard InChI is InChI=1S/C5H13N.Al.ClH.3H/c1-4-5(2,3)6;;;;;/h4,6H2,1-3H3;;1H;;;. The Morgan fingerprint density at radius 1 is 1.38 bits per heavy atom. The molecule has 0 aromatic rings. The Morgan fingerprint density at radius 3 is 1.50 bits per heavy atom. The van der Waals surface area contributed by atoms with Gasteiger partial charge in [0.05, 0.1) is 0 Å². The van der Waals surface area contributed by atoms with Gasteiger partial charge >= 0.3 is 0 Å². The predicted molar refractivity (Wildman–Crippen MR) is 45.7 cm³/mol. The van der Waals surface area contributed by atoms with Gasteiger partial charge in [0.2, 0.25) is 0 Å². The van der Waals surface area contributed by atoms with Crippen molar-refractivity contribution in [2.24, 2.45) is 5.73 Å². The molecule has 0 aliphatic rings. The number of nitrogens with two attached hydrogens (primary N) is 1. The zero-order valence-corrected chi connectivity index (χ0v) is 6.01. The van der Waals surface area contributed by atoms with Crippen LogP contribution in [0, 0.1) is 0 Å². The van der Waals surface area contributed by atoms with Crippen LogP contribution in [0.15, 0.2) is 0 Å². The van der Waals surface area contributed by atoms with E-state index in [0.717, 1.165) is 6.42 Å². The molecule has 0 radical (unpaired) electrons. The molecule has 0 spiro atoms. The largest absolute Gasteiger partial charge is 0.326 e. The van der Waals surface area contributed by atoms with Crippen LogP contribution in [0.25, 0.3) is 0 Å². The van der Waals surface area contributed by atoms with Gasteiger partial charge in [0, 0.05) is 5.54 Å². The summed E-state index contributed by atoms with van der Waals surface area (Å²) in [7, 11) is 0. The van der Waals surface area contributed by atoms with E-state index in [9.17, 15) is 0 Å². The summed E-state index contributed by atoms with van der Waals surface area (Å²) in [5.74, 6) is 0. The van der Waals surface area contributed by atoms with Crippen LogP contribution in [0.3, 0.4) is 0 Å². The van der Waals surface area contributed by atoms with Crippen molar-refractivity contribution in [3.8, 4) is 0 Å². The summed E-state index contributed by atoms with van der Waals surface area (Å²) < 4.78 is 0. The second-order valence-corrected chi connectivity index (χ2v) is 2.34. The van der Waals surface area contributed by atoms with E-state index in [4.69, 9.17) is 5.73 Å². The van der Waals surface area contributed by atoms with Crippen molar-refractivity contribution < 1.29 is 0 Å². The molecule has 0 rings (SSSR count). The van der Waals surface area contributed by atoms with Crippen molar-refractivity contribution in [3.05, 3.63) is 0 Å². The van der Waals surface area contributed by atoms with Crippen molar-refractivity contribution >= 4 is 29.8 Å². The molecule has 0 fully saturated rings. The Balaban J connectivity index is -0.000000125. The van der Waals surface area contributed by atoms with Gasteiger partial charge < -0.3 is 5.73 Å². The van der Waals surface area contributed by atoms with Gasteiger partial charge in [-0.05, 0) is 20.3 Å². The van der Waals surface area contributed by atoms with Crippen molar-refractivity contribution in [2.45, 2.75) is 32.7 Å². The third kappa shape index (κ3) is 15.9. The number of halogens is 1. The van der Waals surface area contributed by atoms with Crippen molar-refractivity contribution in [1.29, 1.82) is 0 Å². The lowest BCUT2D eigenvalue weighted by Gasteiger charge is -2.13. The van der Waals surface area contributed by atoms with Crippen LogP contribution >= 0.6 is 12.4 Å².